The van der Waals surface area contributed by atoms with Crippen molar-refractivity contribution in [2.45, 2.75) is 13.0 Å². The molecule has 1 atom stereocenters. The number of hydrogen-bond acceptors (Lipinski definition) is 1. The highest BCUT2D eigenvalue weighted by molar-refractivity contribution is 6.42. The highest BCUT2D eigenvalue weighted by Gasteiger charge is 2.18. The van der Waals surface area contributed by atoms with Crippen molar-refractivity contribution in [1.29, 1.82) is 0 Å². The van der Waals surface area contributed by atoms with Gasteiger partial charge in [-0.25, -0.2) is 8.78 Å². The van der Waals surface area contributed by atoms with Gasteiger partial charge in [0.1, 0.15) is 0 Å². The van der Waals surface area contributed by atoms with Crippen LogP contribution in [0, 0.1) is 18.6 Å². The van der Waals surface area contributed by atoms with Gasteiger partial charge in [-0.3, -0.25) is 0 Å². The highest BCUT2D eigenvalue weighted by atomic mass is 35.5. The van der Waals surface area contributed by atoms with Crippen molar-refractivity contribution in [1.82, 2.24) is 0 Å². The zero-order valence-electron chi connectivity index (χ0n) is 10.1. The molecule has 1 nitrogen and oxygen atoms in total. The molecule has 0 aliphatic rings. The third kappa shape index (κ3) is 2.73. The standard InChI is InChI=1S/C14H11Cl2F2N/c1-7-2-4-9(13(18)12(7)17)14(19)8-3-5-10(15)11(16)6-8/h2-6,14H,19H2,1H3. The van der Waals surface area contributed by atoms with Crippen LogP contribution < -0.4 is 5.73 Å². The lowest BCUT2D eigenvalue weighted by Crippen LogP contribution is -2.14. The van der Waals surface area contributed by atoms with Gasteiger partial charge in [-0.1, -0.05) is 41.4 Å². The zero-order valence-corrected chi connectivity index (χ0v) is 11.6. The summed E-state index contributed by atoms with van der Waals surface area (Å²) in [6.45, 7) is 1.49. The lowest BCUT2D eigenvalue weighted by Gasteiger charge is -2.15. The molecule has 0 heterocycles. The van der Waals surface area contributed by atoms with Gasteiger partial charge in [0.15, 0.2) is 11.6 Å². The van der Waals surface area contributed by atoms with Crippen molar-refractivity contribution in [2.24, 2.45) is 5.73 Å². The maximum atomic E-state index is 13.9. The van der Waals surface area contributed by atoms with Gasteiger partial charge in [-0.2, -0.15) is 0 Å². The van der Waals surface area contributed by atoms with E-state index in [1.807, 2.05) is 0 Å². The Morgan fingerprint density at radius 2 is 1.68 bits per heavy atom. The van der Waals surface area contributed by atoms with E-state index in [1.165, 1.54) is 19.1 Å². The van der Waals surface area contributed by atoms with Gasteiger partial charge in [-0.15, -0.1) is 0 Å². The Kier molecular flexibility index (Phi) is 4.09. The third-order valence-corrected chi connectivity index (χ3v) is 3.68. The molecular weight excluding hydrogens is 291 g/mol. The Morgan fingerprint density at radius 3 is 2.32 bits per heavy atom. The van der Waals surface area contributed by atoms with Crippen LogP contribution in [0.25, 0.3) is 0 Å². The van der Waals surface area contributed by atoms with Crippen LogP contribution in [0.2, 0.25) is 10.0 Å². The molecule has 1 unspecified atom stereocenters. The van der Waals surface area contributed by atoms with E-state index >= 15 is 0 Å². The molecule has 0 saturated heterocycles. The molecule has 2 aromatic carbocycles. The Balaban J connectivity index is 2.47. The summed E-state index contributed by atoms with van der Waals surface area (Å²) in [6.07, 6.45) is 0. The first-order valence-electron chi connectivity index (χ1n) is 5.57. The normalized spacial score (nSPS) is 12.5. The van der Waals surface area contributed by atoms with Gasteiger partial charge in [0, 0.05) is 5.56 Å². The minimum absolute atomic E-state index is 0.0847. The second kappa shape index (κ2) is 5.45. The van der Waals surface area contributed by atoms with Crippen molar-refractivity contribution in [2.75, 3.05) is 0 Å². The van der Waals surface area contributed by atoms with Gasteiger partial charge in [0.2, 0.25) is 0 Å². The topological polar surface area (TPSA) is 26.0 Å². The van der Waals surface area contributed by atoms with Crippen LogP contribution in [0.5, 0.6) is 0 Å². The fraction of sp³-hybridized carbons (Fsp3) is 0.143. The van der Waals surface area contributed by atoms with E-state index in [-0.39, 0.29) is 11.1 Å². The fourth-order valence-corrected chi connectivity index (χ4v) is 2.09. The summed E-state index contributed by atoms with van der Waals surface area (Å²) < 4.78 is 27.4. The maximum Gasteiger partial charge on any atom is 0.164 e. The first-order valence-corrected chi connectivity index (χ1v) is 6.32. The molecule has 2 rings (SSSR count). The van der Waals surface area contributed by atoms with Gasteiger partial charge >= 0.3 is 0 Å². The Labute approximate surface area is 119 Å². The molecule has 2 N–H and O–H groups in total. The van der Waals surface area contributed by atoms with Crippen LogP contribution in [-0.2, 0) is 0 Å². The van der Waals surface area contributed by atoms with Gasteiger partial charge < -0.3 is 5.73 Å². The smallest absolute Gasteiger partial charge is 0.164 e. The Bertz CT molecular complexity index is 629. The first kappa shape index (κ1) is 14.3. The van der Waals surface area contributed by atoms with E-state index in [0.29, 0.717) is 15.6 Å². The molecule has 19 heavy (non-hydrogen) atoms. The maximum absolute atomic E-state index is 13.9. The summed E-state index contributed by atoms with van der Waals surface area (Å²) in [5.74, 6) is -1.81. The molecule has 0 bridgehead atoms. The summed E-state index contributed by atoms with van der Waals surface area (Å²) in [5.41, 5.74) is 6.84. The van der Waals surface area contributed by atoms with Gasteiger partial charge in [-0.05, 0) is 30.2 Å². The van der Waals surface area contributed by atoms with Crippen molar-refractivity contribution in [3.8, 4) is 0 Å². The molecule has 0 aliphatic heterocycles. The zero-order chi connectivity index (χ0) is 14.2. The molecule has 2 aromatic rings. The van der Waals surface area contributed by atoms with Crippen LogP contribution in [0.4, 0.5) is 8.78 Å². The van der Waals surface area contributed by atoms with Crippen LogP contribution in [0.3, 0.4) is 0 Å². The van der Waals surface area contributed by atoms with Crippen LogP contribution >= 0.6 is 23.2 Å². The quantitative estimate of drug-likeness (QED) is 0.860. The average Bonchev–Trinajstić information content (AvgIpc) is 2.39. The number of rotatable bonds is 2. The minimum Gasteiger partial charge on any atom is -0.320 e. The highest BCUT2D eigenvalue weighted by Crippen LogP contribution is 2.29. The predicted molar refractivity (Wildman–Crippen MR) is 73.6 cm³/mol. The largest absolute Gasteiger partial charge is 0.320 e. The molecule has 0 aliphatic carbocycles. The molecule has 0 radical (unpaired) electrons. The Morgan fingerprint density at radius 1 is 1.00 bits per heavy atom. The Hall–Kier alpha value is -1.16. The summed E-state index contributed by atoms with van der Waals surface area (Å²) >= 11 is 11.7. The van der Waals surface area contributed by atoms with E-state index < -0.39 is 17.7 Å². The average molecular weight is 302 g/mol. The van der Waals surface area contributed by atoms with Crippen LogP contribution in [0.1, 0.15) is 22.7 Å². The van der Waals surface area contributed by atoms with Crippen molar-refractivity contribution in [3.63, 3.8) is 0 Å². The molecule has 0 spiro atoms. The van der Waals surface area contributed by atoms with E-state index in [4.69, 9.17) is 28.9 Å². The van der Waals surface area contributed by atoms with Crippen molar-refractivity contribution < 1.29 is 8.78 Å². The predicted octanol–water partition coefficient (Wildman–Crippen LogP) is 4.63. The second-order valence-electron chi connectivity index (χ2n) is 4.25. The van der Waals surface area contributed by atoms with E-state index in [2.05, 4.69) is 0 Å². The van der Waals surface area contributed by atoms with Crippen molar-refractivity contribution in [3.05, 3.63) is 68.7 Å². The van der Waals surface area contributed by atoms with Crippen LogP contribution in [-0.4, -0.2) is 0 Å². The second-order valence-corrected chi connectivity index (χ2v) is 5.07. The SMILES string of the molecule is Cc1ccc(C(N)c2ccc(Cl)c(Cl)c2)c(F)c1F. The van der Waals surface area contributed by atoms with Crippen molar-refractivity contribution >= 4 is 23.2 Å². The number of halogens is 4. The number of aryl methyl sites for hydroxylation is 1. The summed E-state index contributed by atoms with van der Waals surface area (Å²) in [7, 11) is 0. The van der Waals surface area contributed by atoms with E-state index in [1.54, 1.807) is 18.2 Å². The molecular formula is C14H11Cl2F2N. The van der Waals surface area contributed by atoms with E-state index in [0.717, 1.165) is 0 Å². The molecule has 5 heteroatoms. The van der Waals surface area contributed by atoms with E-state index in [9.17, 15) is 8.78 Å². The number of hydrogen-bond donors (Lipinski definition) is 1. The lowest BCUT2D eigenvalue weighted by molar-refractivity contribution is 0.489. The first-order chi connectivity index (χ1) is 8.91. The number of benzene rings is 2. The molecule has 0 fully saturated rings. The minimum atomic E-state index is -0.932. The monoisotopic (exact) mass is 301 g/mol. The van der Waals surface area contributed by atoms with Gasteiger partial charge in [0.25, 0.3) is 0 Å². The third-order valence-electron chi connectivity index (χ3n) is 2.94. The summed E-state index contributed by atoms with van der Waals surface area (Å²) in [6, 6.07) is 6.92. The molecule has 100 valence electrons. The molecule has 0 aromatic heterocycles. The summed E-state index contributed by atoms with van der Waals surface area (Å²) in [5, 5.41) is 0.704. The lowest BCUT2D eigenvalue weighted by atomic mass is 9.98. The fourth-order valence-electron chi connectivity index (χ4n) is 1.79. The molecule has 0 amide bonds. The van der Waals surface area contributed by atoms with Gasteiger partial charge in [0.05, 0.1) is 16.1 Å². The number of nitrogens with two attached hydrogens (primary N) is 1. The van der Waals surface area contributed by atoms with Crippen LogP contribution in [0.15, 0.2) is 30.3 Å². The molecule has 0 saturated carbocycles. The summed E-state index contributed by atoms with van der Waals surface area (Å²) in [4.78, 5) is 0.